The van der Waals surface area contributed by atoms with Crippen LogP contribution >= 0.6 is 0 Å². The van der Waals surface area contributed by atoms with Crippen LogP contribution in [0.5, 0.6) is 0 Å². The standard InChI is InChI=1S/C8H13N3/c1-3-10-8-7(9-2)5-4-6-11-8/h4-6,9H,3H2,1-2H3,(H,10,11). The van der Waals surface area contributed by atoms with E-state index in [2.05, 4.69) is 15.6 Å². The van der Waals surface area contributed by atoms with Crippen molar-refractivity contribution in [2.45, 2.75) is 6.92 Å². The normalized spacial score (nSPS) is 9.27. The molecule has 3 nitrogen and oxygen atoms in total. The van der Waals surface area contributed by atoms with Crippen LogP contribution in [0.1, 0.15) is 6.92 Å². The van der Waals surface area contributed by atoms with Gasteiger partial charge in [0.25, 0.3) is 0 Å². The molecule has 11 heavy (non-hydrogen) atoms. The molecule has 1 rings (SSSR count). The summed E-state index contributed by atoms with van der Waals surface area (Å²) < 4.78 is 0. The molecule has 0 fully saturated rings. The van der Waals surface area contributed by atoms with Crippen molar-refractivity contribution in [3.63, 3.8) is 0 Å². The first-order chi connectivity index (χ1) is 5.38. The highest BCUT2D eigenvalue weighted by molar-refractivity contribution is 5.63. The summed E-state index contributed by atoms with van der Waals surface area (Å²) in [7, 11) is 1.89. The summed E-state index contributed by atoms with van der Waals surface area (Å²) in [6.45, 7) is 2.94. The summed E-state index contributed by atoms with van der Waals surface area (Å²) in [6.07, 6.45) is 1.78. The van der Waals surface area contributed by atoms with Crippen LogP contribution in [-0.4, -0.2) is 18.6 Å². The van der Waals surface area contributed by atoms with E-state index < -0.39 is 0 Å². The maximum atomic E-state index is 4.17. The molecule has 0 amide bonds. The highest BCUT2D eigenvalue weighted by atomic mass is 15.0. The van der Waals surface area contributed by atoms with E-state index in [1.165, 1.54) is 0 Å². The fourth-order valence-corrected chi connectivity index (χ4v) is 0.915. The summed E-state index contributed by atoms with van der Waals surface area (Å²) in [5, 5.41) is 6.21. The van der Waals surface area contributed by atoms with E-state index in [0.29, 0.717) is 0 Å². The van der Waals surface area contributed by atoms with Crippen LogP contribution in [0.2, 0.25) is 0 Å². The van der Waals surface area contributed by atoms with Crippen molar-refractivity contribution in [2.75, 3.05) is 24.2 Å². The molecule has 1 heterocycles. The molecule has 1 aromatic rings. The zero-order chi connectivity index (χ0) is 8.10. The first-order valence-corrected chi connectivity index (χ1v) is 3.75. The zero-order valence-corrected chi connectivity index (χ0v) is 6.89. The monoisotopic (exact) mass is 151 g/mol. The quantitative estimate of drug-likeness (QED) is 0.688. The van der Waals surface area contributed by atoms with Gasteiger partial charge in [-0.25, -0.2) is 4.98 Å². The Hall–Kier alpha value is -1.25. The number of anilines is 2. The fourth-order valence-electron chi connectivity index (χ4n) is 0.915. The van der Waals surface area contributed by atoms with Crippen molar-refractivity contribution in [1.82, 2.24) is 4.98 Å². The van der Waals surface area contributed by atoms with E-state index in [4.69, 9.17) is 0 Å². The second-order valence-corrected chi connectivity index (χ2v) is 2.18. The number of hydrogen-bond acceptors (Lipinski definition) is 3. The molecule has 1 aromatic heterocycles. The molecule has 0 radical (unpaired) electrons. The number of aromatic nitrogens is 1. The summed E-state index contributed by atoms with van der Waals surface area (Å²) in [6, 6.07) is 3.90. The van der Waals surface area contributed by atoms with Crippen LogP contribution < -0.4 is 10.6 Å². The van der Waals surface area contributed by atoms with Crippen LogP contribution in [-0.2, 0) is 0 Å². The molecule has 0 atom stereocenters. The molecule has 0 aliphatic rings. The lowest BCUT2D eigenvalue weighted by atomic mass is 10.4. The number of nitrogens with zero attached hydrogens (tertiary/aromatic N) is 1. The van der Waals surface area contributed by atoms with Crippen molar-refractivity contribution in [3.8, 4) is 0 Å². The molecule has 0 saturated carbocycles. The predicted octanol–water partition coefficient (Wildman–Crippen LogP) is 1.56. The molecule has 0 bridgehead atoms. The second-order valence-electron chi connectivity index (χ2n) is 2.18. The third-order valence-electron chi connectivity index (χ3n) is 1.42. The number of pyridine rings is 1. The van der Waals surface area contributed by atoms with Gasteiger partial charge < -0.3 is 10.6 Å². The van der Waals surface area contributed by atoms with Gasteiger partial charge in [0.15, 0.2) is 0 Å². The Morgan fingerprint density at radius 1 is 1.55 bits per heavy atom. The van der Waals surface area contributed by atoms with Gasteiger partial charge in [-0.15, -0.1) is 0 Å². The first kappa shape index (κ1) is 7.85. The molecular formula is C8H13N3. The highest BCUT2D eigenvalue weighted by Gasteiger charge is 1.96. The average molecular weight is 151 g/mol. The van der Waals surface area contributed by atoms with Crippen molar-refractivity contribution in [1.29, 1.82) is 0 Å². The minimum Gasteiger partial charge on any atom is -0.385 e. The predicted molar refractivity (Wildman–Crippen MR) is 47.9 cm³/mol. The molecule has 60 valence electrons. The number of hydrogen-bond donors (Lipinski definition) is 2. The number of nitrogens with one attached hydrogen (secondary N) is 2. The van der Waals surface area contributed by atoms with E-state index in [1.54, 1.807) is 6.20 Å². The fraction of sp³-hybridized carbons (Fsp3) is 0.375. The van der Waals surface area contributed by atoms with Crippen molar-refractivity contribution in [3.05, 3.63) is 18.3 Å². The Morgan fingerprint density at radius 3 is 3.00 bits per heavy atom. The van der Waals surface area contributed by atoms with E-state index in [9.17, 15) is 0 Å². The minimum atomic E-state index is 0.895. The van der Waals surface area contributed by atoms with Crippen LogP contribution in [0.3, 0.4) is 0 Å². The van der Waals surface area contributed by atoms with E-state index in [1.807, 2.05) is 26.1 Å². The summed E-state index contributed by atoms with van der Waals surface area (Å²) in [5.41, 5.74) is 1.04. The van der Waals surface area contributed by atoms with Gasteiger partial charge in [0.1, 0.15) is 5.82 Å². The van der Waals surface area contributed by atoms with Gasteiger partial charge >= 0.3 is 0 Å². The Morgan fingerprint density at radius 2 is 2.36 bits per heavy atom. The zero-order valence-electron chi connectivity index (χ0n) is 6.89. The molecule has 0 spiro atoms. The van der Waals surface area contributed by atoms with Gasteiger partial charge in [-0.1, -0.05) is 0 Å². The number of rotatable bonds is 3. The van der Waals surface area contributed by atoms with Crippen molar-refractivity contribution < 1.29 is 0 Å². The lowest BCUT2D eigenvalue weighted by Gasteiger charge is -2.07. The molecule has 0 aliphatic carbocycles. The van der Waals surface area contributed by atoms with E-state index in [-0.39, 0.29) is 0 Å². The van der Waals surface area contributed by atoms with Crippen LogP contribution in [0, 0.1) is 0 Å². The Balaban J connectivity index is 2.83. The van der Waals surface area contributed by atoms with E-state index in [0.717, 1.165) is 18.1 Å². The molecule has 2 N–H and O–H groups in total. The summed E-state index contributed by atoms with van der Waals surface area (Å²) in [5.74, 6) is 0.914. The van der Waals surface area contributed by atoms with Crippen LogP contribution in [0.15, 0.2) is 18.3 Å². The largest absolute Gasteiger partial charge is 0.385 e. The van der Waals surface area contributed by atoms with Crippen molar-refractivity contribution in [2.24, 2.45) is 0 Å². The molecule has 0 aliphatic heterocycles. The van der Waals surface area contributed by atoms with Gasteiger partial charge in [-0.2, -0.15) is 0 Å². The third kappa shape index (κ3) is 1.83. The third-order valence-corrected chi connectivity index (χ3v) is 1.42. The van der Waals surface area contributed by atoms with Gasteiger partial charge in [0.05, 0.1) is 5.69 Å². The molecular weight excluding hydrogens is 138 g/mol. The van der Waals surface area contributed by atoms with Gasteiger partial charge in [-0.3, -0.25) is 0 Å². The van der Waals surface area contributed by atoms with Crippen LogP contribution in [0.25, 0.3) is 0 Å². The second kappa shape index (κ2) is 3.81. The average Bonchev–Trinajstić information content (AvgIpc) is 2.06. The lowest BCUT2D eigenvalue weighted by Crippen LogP contribution is -2.02. The SMILES string of the molecule is CCNc1ncccc1NC. The molecule has 3 heteroatoms. The Labute approximate surface area is 66.8 Å². The molecule has 0 saturated heterocycles. The minimum absolute atomic E-state index is 0.895. The van der Waals surface area contributed by atoms with Crippen LogP contribution in [0.4, 0.5) is 11.5 Å². The summed E-state index contributed by atoms with van der Waals surface area (Å²) in [4.78, 5) is 4.17. The smallest absolute Gasteiger partial charge is 0.149 e. The van der Waals surface area contributed by atoms with Gasteiger partial charge in [0, 0.05) is 19.8 Å². The van der Waals surface area contributed by atoms with Crippen molar-refractivity contribution >= 4 is 11.5 Å². The lowest BCUT2D eigenvalue weighted by molar-refractivity contribution is 1.16. The van der Waals surface area contributed by atoms with E-state index >= 15 is 0 Å². The Bertz CT molecular complexity index is 222. The Kier molecular flexibility index (Phi) is 2.72. The first-order valence-electron chi connectivity index (χ1n) is 3.75. The maximum absolute atomic E-state index is 4.17. The molecule has 0 unspecified atom stereocenters. The van der Waals surface area contributed by atoms with Gasteiger partial charge in [-0.05, 0) is 19.1 Å². The molecule has 0 aromatic carbocycles. The van der Waals surface area contributed by atoms with Gasteiger partial charge in [0.2, 0.25) is 0 Å². The highest BCUT2D eigenvalue weighted by Crippen LogP contribution is 2.15. The topological polar surface area (TPSA) is 37.0 Å². The summed E-state index contributed by atoms with van der Waals surface area (Å²) >= 11 is 0. The maximum Gasteiger partial charge on any atom is 0.149 e.